The van der Waals surface area contributed by atoms with E-state index in [0.717, 1.165) is 0 Å². The third-order valence-electron chi connectivity index (χ3n) is 2.37. The molecule has 0 saturated heterocycles. The van der Waals surface area contributed by atoms with Crippen LogP contribution in [0.15, 0.2) is 29.2 Å². The lowest BCUT2D eigenvalue weighted by Crippen LogP contribution is -2.43. The van der Waals surface area contributed by atoms with E-state index in [1.165, 1.54) is 31.4 Å². The van der Waals surface area contributed by atoms with E-state index < -0.39 is 34.4 Å². The molecule has 0 unspecified atom stereocenters. The minimum Gasteiger partial charge on any atom is -0.497 e. The minimum absolute atomic E-state index is 0.144. The predicted octanol–water partition coefficient (Wildman–Crippen LogP) is -0.698. The molecule has 0 aliphatic heterocycles. The summed E-state index contributed by atoms with van der Waals surface area (Å²) in [6, 6.07) is 3.73. The maximum atomic E-state index is 12.0. The van der Waals surface area contributed by atoms with Gasteiger partial charge in [-0.15, -0.1) is 0 Å². The molecule has 1 rings (SSSR count). The minimum atomic E-state index is -4.07. The van der Waals surface area contributed by atoms with Gasteiger partial charge in [-0.2, -0.15) is 4.72 Å². The molecule has 0 aliphatic carbocycles. The van der Waals surface area contributed by atoms with E-state index in [2.05, 4.69) is 0 Å². The topological polar surface area (TPSA) is 136 Å². The molecule has 9 heteroatoms. The molecule has 8 nitrogen and oxygen atoms in total. The van der Waals surface area contributed by atoms with Crippen LogP contribution < -0.4 is 15.2 Å². The van der Waals surface area contributed by atoms with Crippen LogP contribution in [0.4, 0.5) is 0 Å². The second-order valence-corrected chi connectivity index (χ2v) is 5.57. The van der Waals surface area contributed by atoms with Gasteiger partial charge in [0.2, 0.25) is 15.9 Å². The molecule has 1 atom stereocenters. The number of sulfonamides is 1. The van der Waals surface area contributed by atoms with E-state index in [4.69, 9.17) is 15.6 Å². The van der Waals surface area contributed by atoms with E-state index >= 15 is 0 Å². The van der Waals surface area contributed by atoms with Gasteiger partial charge in [-0.25, -0.2) is 8.42 Å². The molecule has 110 valence electrons. The lowest BCUT2D eigenvalue weighted by Gasteiger charge is -2.13. The Hall–Kier alpha value is -2.13. The third kappa shape index (κ3) is 4.21. The first-order valence-electron chi connectivity index (χ1n) is 5.44. The number of hydrogen-bond donors (Lipinski definition) is 3. The summed E-state index contributed by atoms with van der Waals surface area (Å²) in [4.78, 5) is 21.5. The van der Waals surface area contributed by atoms with Crippen molar-refractivity contribution in [1.82, 2.24) is 4.72 Å². The molecular weight excluding hydrogens is 288 g/mol. The van der Waals surface area contributed by atoms with Crippen LogP contribution in [0.5, 0.6) is 5.75 Å². The number of carboxylic acids is 1. The number of aliphatic carboxylic acids is 1. The Kier molecular flexibility index (Phi) is 5.06. The number of amides is 1. The lowest BCUT2D eigenvalue weighted by molar-refractivity contribution is -0.140. The molecule has 1 amide bonds. The number of nitrogens with one attached hydrogen (secondary N) is 1. The summed E-state index contributed by atoms with van der Waals surface area (Å²) in [7, 11) is -2.64. The van der Waals surface area contributed by atoms with Crippen molar-refractivity contribution in [3.63, 3.8) is 0 Å². The number of rotatable bonds is 7. The fourth-order valence-electron chi connectivity index (χ4n) is 1.39. The smallest absolute Gasteiger partial charge is 0.322 e. The maximum absolute atomic E-state index is 12.0. The zero-order valence-corrected chi connectivity index (χ0v) is 11.4. The second kappa shape index (κ2) is 6.35. The van der Waals surface area contributed by atoms with E-state index in [9.17, 15) is 18.0 Å². The van der Waals surface area contributed by atoms with Gasteiger partial charge in [0, 0.05) is 0 Å². The van der Waals surface area contributed by atoms with Crippen molar-refractivity contribution in [2.24, 2.45) is 5.73 Å². The van der Waals surface area contributed by atoms with Crippen molar-refractivity contribution >= 4 is 21.9 Å². The highest BCUT2D eigenvalue weighted by Gasteiger charge is 2.26. The van der Waals surface area contributed by atoms with Gasteiger partial charge in [0.1, 0.15) is 11.8 Å². The average molecular weight is 302 g/mol. The van der Waals surface area contributed by atoms with Gasteiger partial charge in [0.25, 0.3) is 0 Å². The van der Waals surface area contributed by atoms with E-state index in [1.807, 2.05) is 4.72 Å². The molecule has 0 saturated carbocycles. The Labute approximate surface area is 115 Å². The van der Waals surface area contributed by atoms with Crippen LogP contribution in [0, 0.1) is 0 Å². The first-order valence-corrected chi connectivity index (χ1v) is 6.92. The molecule has 1 aromatic carbocycles. The largest absolute Gasteiger partial charge is 0.497 e. The number of hydrogen-bond acceptors (Lipinski definition) is 5. The fourth-order valence-corrected chi connectivity index (χ4v) is 2.58. The third-order valence-corrected chi connectivity index (χ3v) is 3.86. The van der Waals surface area contributed by atoms with Gasteiger partial charge in [0.15, 0.2) is 0 Å². The molecule has 0 bridgehead atoms. The Morgan fingerprint density at radius 2 is 1.90 bits per heavy atom. The average Bonchev–Trinajstić information content (AvgIpc) is 2.37. The Bertz CT molecular complexity index is 596. The molecule has 0 heterocycles. The second-order valence-electron chi connectivity index (χ2n) is 3.86. The van der Waals surface area contributed by atoms with Gasteiger partial charge in [0.05, 0.1) is 18.4 Å². The molecular formula is C11H14N2O6S. The summed E-state index contributed by atoms with van der Waals surface area (Å²) < 4.78 is 30.7. The SMILES string of the molecule is COc1ccc(S(=O)(=O)N[C@@H](CC(N)=O)C(=O)O)cc1. The first kappa shape index (κ1) is 15.9. The zero-order valence-electron chi connectivity index (χ0n) is 10.6. The monoisotopic (exact) mass is 302 g/mol. The molecule has 4 N–H and O–H groups in total. The predicted molar refractivity (Wildman–Crippen MR) is 68.6 cm³/mol. The van der Waals surface area contributed by atoms with Crippen molar-refractivity contribution in [2.45, 2.75) is 17.4 Å². The van der Waals surface area contributed by atoms with E-state index in [0.29, 0.717) is 5.75 Å². The van der Waals surface area contributed by atoms with E-state index in [-0.39, 0.29) is 4.90 Å². The van der Waals surface area contributed by atoms with Crippen molar-refractivity contribution in [2.75, 3.05) is 7.11 Å². The number of nitrogens with two attached hydrogens (primary N) is 1. The van der Waals surface area contributed by atoms with Crippen LogP contribution in [0.2, 0.25) is 0 Å². The molecule has 0 aromatic heterocycles. The van der Waals surface area contributed by atoms with Crippen LogP contribution >= 0.6 is 0 Å². The summed E-state index contributed by atoms with van der Waals surface area (Å²) in [6.07, 6.45) is -0.634. The van der Waals surface area contributed by atoms with Crippen LogP contribution in [0.25, 0.3) is 0 Å². The number of carbonyl (C=O) groups excluding carboxylic acids is 1. The number of carboxylic acid groups (broad SMARTS) is 1. The highest BCUT2D eigenvalue weighted by Crippen LogP contribution is 2.15. The maximum Gasteiger partial charge on any atom is 0.322 e. The summed E-state index contributed by atoms with van der Waals surface area (Å²) in [5.41, 5.74) is 4.87. The summed E-state index contributed by atoms with van der Waals surface area (Å²) in [6.45, 7) is 0. The number of ether oxygens (including phenoxy) is 1. The van der Waals surface area contributed by atoms with Gasteiger partial charge in [-0.1, -0.05) is 0 Å². The van der Waals surface area contributed by atoms with Gasteiger partial charge in [-0.3, -0.25) is 9.59 Å². The van der Waals surface area contributed by atoms with Crippen LogP contribution in [0.3, 0.4) is 0 Å². The summed E-state index contributed by atoms with van der Waals surface area (Å²) >= 11 is 0. The molecule has 20 heavy (non-hydrogen) atoms. The fraction of sp³-hybridized carbons (Fsp3) is 0.273. The van der Waals surface area contributed by atoms with Gasteiger partial charge >= 0.3 is 5.97 Å². The number of primary amides is 1. The van der Waals surface area contributed by atoms with Crippen LogP contribution in [-0.4, -0.2) is 38.6 Å². The van der Waals surface area contributed by atoms with Gasteiger partial charge in [-0.05, 0) is 24.3 Å². The Morgan fingerprint density at radius 3 is 2.30 bits per heavy atom. The quantitative estimate of drug-likeness (QED) is 0.609. The highest BCUT2D eigenvalue weighted by atomic mass is 32.2. The Morgan fingerprint density at radius 1 is 1.35 bits per heavy atom. The van der Waals surface area contributed by atoms with E-state index in [1.54, 1.807) is 0 Å². The number of carbonyl (C=O) groups is 2. The molecule has 0 radical (unpaired) electrons. The van der Waals surface area contributed by atoms with Gasteiger partial charge < -0.3 is 15.6 Å². The normalized spacial score (nSPS) is 12.7. The summed E-state index contributed by atoms with van der Waals surface area (Å²) in [5, 5.41) is 8.86. The van der Waals surface area contributed by atoms with Crippen molar-refractivity contribution in [3.8, 4) is 5.75 Å². The van der Waals surface area contributed by atoms with Crippen molar-refractivity contribution in [3.05, 3.63) is 24.3 Å². The molecule has 0 fully saturated rings. The Balaban J connectivity index is 2.96. The lowest BCUT2D eigenvalue weighted by atomic mass is 10.2. The summed E-state index contributed by atoms with van der Waals surface area (Å²) in [5.74, 6) is -1.95. The number of methoxy groups -OCH3 is 1. The molecule has 0 aliphatic rings. The van der Waals surface area contributed by atoms with Crippen molar-refractivity contribution in [1.29, 1.82) is 0 Å². The number of benzene rings is 1. The first-order chi connectivity index (χ1) is 9.26. The molecule has 0 spiro atoms. The van der Waals surface area contributed by atoms with Crippen LogP contribution in [-0.2, 0) is 19.6 Å². The molecule has 1 aromatic rings. The van der Waals surface area contributed by atoms with Crippen LogP contribution in [0.1, 0.15) is 6.42 Å². The standard InChI is InChI=1S/C11H14N2O6S/c1-19-7-2-4-8(5-3-7)20(17,18)13-9(11(15)16)6-10(12)14/h2-5,9,13H,6H2,1H3,(H2,12,14)(H,15,16)/t9-/m0/s1. The van der Waals surface area contributed by atoms with Crippen molar-refractivity contribution < 1.29 is 27.9 Å². The highest BCUT2D eigenvalue weighted by molar-refractivity contribution is 7.89. The zero-order chi connectivity index (χ0) is 15.3.